The van der Waals surface area contributed by atoms with E-state index in [-0.39, 0.29) is 10.9 Å². The van der Waals surface area contributed by atoms with Crippen molar-refractivity contribution in [2.45, 2.75) is 31.1 Å². The highest BCUT2D eigenvalue weighted by atomic mass is 35.5. The quantitative estimate of drug-likeness (QED) is 0.466. The van der Waals surface area contributed by atoms with E-state index >= 15 is 0 Å². The molecule has 0 atom stereocenters. The van der Waals surface area contributed by atoms with Gasteiger partial charge in [0, 0.05) is 17.5 Å². The third-order valence-corrected chi connectivity index (χ3v) is 5.20. The van der Waals surface area contributed by atoms with Crippen molar-refractivity contribution in [3.63, 3.8) is 0 Å². The third-order valence-electron chi connectivity index (χ3n) is 3.58. The smallest absolute Gasteiger partial charge is 0.305 e. The maximum atomic E-state index is 12.5. The van der Waals surface area contributed by atoms with Crippen LogP contribution in [0.1, 0.15) is 26.2 Å². The van der Waals surface area contributed by atoms with Crippen molar-refractivity contribution in [3.8, 4) is 5.75 Å². The molecule has 2 rings (SSSR count). The summed E-state index contributed by atoms with van der Waals surface area (Å²) in [6, 6.07) is 12.7. The number of nitrogens with one attached hydrogen (secondary N) is 1. The Bertz CT molecular complexity index is 856. The molecule has 0 amide bonds. The number of sulfonamides is 1. The number of carbonyl (C=O) groups is 1. The number of esters is 1. The minimum absolute atomic E-state index is 0.153. The molecule has 0 spiro atoms. The zero-order valence-electron chi connectivity index (χ0n) is 15.0. The second-order valence-corrected chi connectivity index (χ2v) is 7.79. The highest BCUT2D eigenvalue weighted by molar-refractivity contribution is 7.92. The van der Waals surface area contributed by atoms with Crippen molar-refractivity contribution in [2.75, 3.05) is 17.9 Å². The molecule has 0 aliphatic carbocycles. The van der Waals surface area contributed by atoms with Crippen LogP contribution in [0.15, 0.2) is 53.4 Å². The Morgan fingerprint density at radius 2 is 1.85 bits per heavy atom. The van der Waals surface area contributed by atoms with Gasteiger partial charge in [-0.1, -0.05) is 29.8 Å². The van der Waals surface area contributed by atoms with Crippen LogP contribution in [0.5, 0.6) is 5.75 Å². The highest BCUT2D eigenvalue weighted by Gasteiger charge is 2.16. The Morgan fingerprint density at radius 1 is 1.11 bits per heavy atom. The minimum atomic E-state index is -3.74. The molecular formula is C19H22ClNO5S. The molecule has 0 aliphatic rings. The number of benzene rings is 2. The van der Waals surface area contributed by atoms with Gasteiger partial charge in [-0.25, -0.2) is 8.42 Å². The van der Waals surface area contributed by atoms with Gasteiger partial charge in [0.2, 0.25) is 0 Å². The summed E-state index contributed by atoms with van der Waals surface area (Å²) in [5.74, 6) is 0.0923. The van der Waals surface area contributed by atoms with Crippen LogP contribution in [0.4, 0.5) is 5.69 Å². The largest absolute Gasteiger partial charge is 0.491 e. The van der Waals surface area contributed by atoms with Crippen LogP contribution in [0.2, 0.25) is 5.02 Å². The molecule has 0 radical (unpaired) electrons. The van der Waals surface area contributed by atoms with Gasteiger partial charge in [-0.05, 0) is 44.0 Å². The van der Waals surface area contributed by atoms with Gasteiger partial charge in [0.15, 0.2) is 0 Å². The summed E-state index contributed by atoms with van der Waals surface area (Å²) in [6.45, 7) is 2.45. The summed E-state index contributed by atoms with van der Waals surface area (Å²) >= 11 is 6.00. The molecule has 27 heavy (non-hydrogen) atoms. The van der Waals surface area contributed by atoms with Crippen LogP contribution >= 0.6 is 11.6 Å². The predicted octanol–water partition coefficient (Wildman–Crippen LogP) is 4.25. The van der Waals surface area contributed by atoms with Crippen molar-refractivity contribution >= 4 is 33.3 Å². The van der Waals surface area contributed by atoms with E-state index in [0.29, 0.717) is 48.9 Å². The van der Waals surface area contributed by atoms with Crippen molar-refractivity contribution in [2.24, 2.45) is 0 Å². The Balaban J connectivity index is 1.99. The molecule has 0 aromatic heterocycles. The number of ether oxygens (including phenoxy) is 2. The first-order valence-corrected chi connectivity index (χ1v) is 10.4. The lowest BCUT2D eigenvalue weighted by Crippen LogP contribution is -2.14. The molecule has 1 N–H and O–H groups in total. The molecule has 8 heteroatoms. The van der Waals surface area contributed by atoms with Gasteiger partial charge < -0.3 is 9.47 Å². The molecular weight excluding hydrogens is 390 g/mol. The van der Waals surface area contributed by atoms with Gasteiger partial charge in [0.25, 0.3) is 10.0 Å². The lowest BCUT2D eigenvalue weighted by atomic mass is 10.2. The molecule has 2 aromatic rings. The molecule has 0 aliphatic heterocycles. The van der Waals surface area contributed by atoms with Crippen LogP contribution < -0.4 is 9.46 Å². The van der Waals surface area contributed by atoms with Gasteiger partial charge in [-0.15, -0.1) is 0 Å². The molecule has 6 nitrogen and oxygen atoms in total. The second kappa shape index (κ2) is 10.2. The molecule has 0 fully saturated rings. The van der Waals surface area contributed by atoms with E-state index in [1.807, 2.05) is 0 Å². The van der Waals surface area contributed by atoms with Gasteiger partial charge in [-0.3, -0.25) is 9.52 Å². The lowest BCUT2D eigenvalue weighted by Gasteiger charge is -2.14. The Labute approximate surface area is 164 Å². The molecule has 0 heterocycles. The topological polar surface area (TPSA) is 81.7 Å². The maximum Gasteiger partial charge on any atom is 0.305 e. The first-order chi connectivity index (χ1) is 12.9. The van der Waals surface area contributed by atoms with Gasteiger partial charge in [0.05, 0.1) is 23.8 Å². The number of hydrogen-bond donors (Lipinski definition) is 1. The van der Waals surface area contributed by atoms with Crippen LogP contribution in [0.25, 0.3) is 0 Å². The molecule has 0 bridgehead atoms. The number of carbonyl (C=O) groups excluding carboxylic acids is 1. The number of hydrogen-bond acceptors (Lipinski definition) is 5. The van der Waals surface area contributed by atoms with E-state index in [4.69, 9.17) is 21.1 Å². The van der Waals surface area contributed by atoms with Gasteiger partial charge >= 0.3 is 5.97 Å². The average molecular weight is 412 g/mol. The average Bonchev–Trinajstić information content (AvgIpc) is 2.64. The number of anilines is 1. The number of rotatable bonds is 10. The first-order valence-electron chi connectivity index (χ1n) is 8.58. The van der Waals surface area contributed by atoms with Crippen molar-refractivity contribution in [3.05, 3.63) is 53.6 Å². The minimum Gasteiger partial charge on any atom is -0.491 e. The van der Waals surface area contributed by atoms with E-state index in [9.17, 15) is 13.2 Å². The fourth-order valence-electron chi connectivity index (χ4n) is 2.29. The number of unbranched alkanes of at least 4 members (excludes halogenated alkanes) is 1. The predicted molar refractivity (Wildman–Crippen MR) is 105 cm³/mol. The van der Waals surface area contributed by atoms with E-state index < -0.39 is 10.0 Å². The van der Waals surface area contributed by atoms with Crippen molar-refractivity contribution < 1.29 is 22.7 Å². The SMILES string of the molecule is CCOC(=O)CCCCOc1cc(Cl)ccc1NS(=O)(=O)c1ccccc1. The first kappa shape index (κ1) is 21.1. The van der Waals surface area contributed by atoms with E-state index in [2.05, 4.69) is 4.72 Å². The molecule has 0 unspecified atom stereocenters. The zero-order chi connectivity index (χ0) is 19.7. The second-order valence-electron chi connectivity index (χ2n) is 5.67. The Morgan fingerprint density at radius 3 is 2.56 bits per heavy atom. The van der Waals surface area contributed by atoms with E-state index in [1.54, 1.807) is 43.3 Å². The molecule has 0 saturated carbocycles. The third kappa shape index (κ3) is 6.77. The maximum absolute atomic E-state index is 12.5. The van der Waals surface area contributed by atoms with E-state index in [1.165, 1.54) is 12.1 Å². The fourth-order valence-corrected chi connectivity index (χ4v) is 3.54. The highest BCUT2D eigenvalue weighted by Crippen LogP contribution is 2.30. The fraction of sp³-hybridized carbons (Fsp3) is 0.316. The van der Waals surface area contributed by atoms with Crippen LogP contribution in [-0.4, -0.2) is 27.6 Å². The summed E-state index contributed by atoms with van der Waals surface area (Å²) in [6.07, 6.45) is 1.56. The van der Waals surface area contributed by atoms with Crippen molar-refractivity contribution in [1.29, 1.82) is 0 Å². The zero-order valence-corrected chi connectivity index (χ0v) is 16.6. The summed E-state index contributed by atoms with van der Waals surface area (Å²) in [5, 5.41) is 0.430. The number of halogens is 1. The lowest BCUT2D eigenvalue weighted by molar-refractivity contribution is -0.143. The molecule has 146 valence electrons. The van der Waals surface area contributed by atoms with Crippen LogP contribution in [0, 0.1) is 0 Å². The van der Waals surface area contributed by atoms with Gasteiger partial charge in [-0.2, -0.15) is 0 Å². The van der Waals surface area contributed by atoms with Crippen molar-refractivity contribution in [1.82, 2.24) is 0 Å². The monoisotopic (exact) mass is 411 g/mol. The van der Waals surface area contributed by atoms with Crippen LogP contribution in [-0.2, 0) is 19.6 Å². The summed E-state index contributed by atoms with van der Waals surface area (Å²) in [7, 11) is -3.74. The Hall–Kier alpha value is -2.25. The summed E-state index contributed by atoms with van der Waals surface area (Å²) in [4.78, 5) is 11.5. The summed E-state index contributed by atoms with van der Waals surface area (Å²) < 4.78 is 38.1. The standard InChI is InChI=1S/C19H22ClNO5S/c1-2-25-19(22)10-6-7-13-26-18-14-15(20)11-12-17(18)21-27(23,24)16-8-4-3-5-9-16/h3-5,8-9,11-12,14,21H,2,6-7,10,13H2,1H3. The normalized spacial score (nSPS) is 11.0. The molecule has 0 saturated heterocycles. The van der Waals surface area contributed by atoms with Crippen LogP contribution in [0.3, 0.4) is 0 Å². The summed E-state index contributed by atoms with van der Waals surface area (Å²) in [5.41, 5.74) is 0.300. The van der Waals surface area contributed by atoms with Gasteiger partial charge in [0.1, 0.15) is 5.75 Å². The molecule has 2 aromatic carbocycles. The van der Waals surface area contributed by atoms with E-state index in [0.717, 1.165) is 0 Å². The Kier molecular flexibility index (Phi) is 7.94.